The number of imidazole rings is 1. The Bertz CT molecular complexity index is 803. The van der Waals surface area contributed by atoms with Gasteiger partial charge >= 0.3 is 0 Å². The molecule has 20 heavy (non-hydrogen) atoms. The first-order valence-electron chi connectivity index (χ1n) is 5.43. The van der Waals surface area contributed by atoms with Crippen LogP contribution in [-0.4, -0.2) is 19.9 Å². The maximum absolute atomic E-state index is 13.7. The van der Waals surface area contributed by atoms with Gasteiger partial charge < -0.3 is 16.0 Å². The standard InChI is InChI=1S/C11H7BrF2N6/c12-4-1-7(6(14)2-5(4)13)18-10-8-9(17-3-16-8)19-11(15)20-10/h1-3H,(H4,15,16,17,18,19,20). The number of nitrogen functional groups attached to an aromatic ring is 1. The highest BCUT2D eigenvalue weighted by atomic mass is 79.9. The third-order valence-corrected chi connectivity index (χ3v) is 3.17. The lowest BCUT2D eigenvalue weighted by atomic mass is 10.3. The number of H-pyrrole nitrogens is 1. The van der Waals surface area contributed by atoms with E-state index in [1.54, 1.807) is 0 Å². The third-order valence-electron chi connectivity index (χ3n) is 2.57. The number of aromatic nitrogens is 4. The van der Waals surface area contributed by atoms with E-state index in [0.29, 0.717) is 11.2 Å². The number of nitrogens with two attached hydrogens (primary N) is 1. The highest BCUT2D eigenvalue weighted by Crippen LogP contribution is 2.28. The quantitative estimate of drug-likeness (QED) is 0.624. The number of fused-ring (bicyclic) bond motifs is 1. The molecule has 0 aliphatic heterocycles. The van der Waals surface area contributed by atoms with E-state index in [2.05, 4.69) is 41.2 Å². The van der Waals surface area contributed by atoms with E-state index >= 15 is 0 Å². The van der Waals surface area contributed by atoms with E-state index in [1.165, 1.54) is 12.4 Å². The van der Waals surface area contributed by atoms with Gasteiger partial charge in [-0.15, -0.1) is 0 Å². The molecule has 0 spiro atoms. The molecule has 0 saturated carbocycles. The summed E-state index contributed by atoms with van der Waals surface area (Å²) in [5.41, 5.74) is 6.42. The van der Waals surface area contributed by atoms with Gasteiger partial charge in [0.2, 0.25) is 5.95 Å². The van der Waals surface area contributed by atoms with Gasteiger partial charge in [-0.1, -0.05) is 0 Å². The monoisotopic (exact) mass is 340 g/mol. The number of halogens is 3. The lowest BCUT2D eigenvalue weighted by Crippen LogP contribution is -2.03. The SMILES string of the molecule is Nc1nc(Nc2cc(Br)c(F)cc2F)c2[nH]cnc2n1. The second kappa shape index (κ2) is 4.67. The van der Waals surface area contributed by atoms with E-state index in [0.717, 1.165) is 6.07 Å². The van der Waals surface area contributed by atoms with Crippen molar-refractivity contribution in [1.82, 2.24) is 19.9 Å². The number of nitrogens with one attached hydrogen (secondary N) is 2. The zero-order valence-corrected chi connectivity index (χ0v) is 11.4. The molecule has 0 fully saturated rings. The Morgan fingerprint density at radius 1 is 1.20 bits per heavy atom. The van der Waals surface area contributed by atoms with E-state index < -0.39 is 11.6 Å². The predicted octanol–water partition coefficient (Wildman–Crippen LogP) is 2.72. The smallest absolute Gasteiger partial charge is 0.224 e. The molecule has 0 bridgehead atoms. The maximum atomic E-state index is 13.7. The fraction of sp³-hybridized carbons (Fsp3) is 0. The Labute approximate surface area is 119 Å². The van der Waals surface area contributed by atoms with Gasteiger partial charge in [0.15, 0.2) is 11.5 Å². The first-order valence-corrected chi connectivity index (χ1v) is 6.22. The Kier molecular flexibility index (Phi) is 2.97. The number of nitrogens with zero attached hydrogens (tertiary/aromatic N) is 3. The molecule has 0 atom stereocenters. The van der Waals surface area contributed by atoms with Crippen LogP contribution >= 0.6 is 15.9 Å². The molecule has 0 unspecified atom stereocenters. The average molecular weight is 341 g/mol. The highest BCUT2D eigenvalue weighted by Gasteiger charge is 2.13. The van der Waals surface area contributed by atoms with Crippen LogP contribution in [0.5, 0.6) is 0 Å². The van der Waals surface area contributed by atoms with Gasteiger partial charge in [0.1, 0.15) is 17.2 Å². The lowest BCUT2D eigenvalue weighted by Gasteiger charge is -2.09. The molecule has 0 saturated heterocycles. The number of aromatic amines is 1. The lowest BCUT2D eigenvalue weighted by molar-refractivity contribution is 0.581. The molecule has 0 radical (unpaired) electrons. The fourth-order valence-electron chi connectivity index (χ4n) is 1.69. The minimum Gasteiger partial charge on any atom is -0.368 e. The second-order valence-corrected chi connectivity index (χ2v) is 4.76. The maximum Gasteiger partial charge on any atom is 0.224 e. The third kappa shape index (κ3) is 2.16. The van der Waals surface area contributed by atoms with Gasteiger partial charge in [-0.2, -0.15) is 9.97 Å². The first-order chi connectivity index (χ1) is 9.54. The van der Waals surface area contributed by atoms with Crippen molar-refractivity contribution < 1.29 is 8.78 Å². The molecule has 0 aliphatic carbocycles. The number of rotatable bonds is 2. The number of benzene rings is 1. The summed E-state index contributed by atoms with van der Waals surface area (Å²) in [6, 6.07) is 2.03. The van der Waals surface area contributed by atoms with Crippen molar-refractivity contribution in [3.05, 3.63) is 34.6 Å². The summed E-state index contributed by atoms with van der Waals surface area (Å²) in [5, 5.41) is 2.74. The second-order valence-electron chi connectivity index (χ2n) is 3.90. The summed E-state index contributed by atoms with van der Waals surface area (Å²) in [7, 11) is 0. The Hall–Kier alpha value is -2.29. The molecule has 0 aliphatic rings. The van der Waals surface area contributed by atoms with Gasteiger partial charge in [0.05, 0.1) is 16.5 Å². The Balaban J connectivity index is 2.09. The normalized spacial score (nSPS) is 10.9. The van der Waals surface area contributed by atoms with Gasteiger partial charge in [-0.3, -0.25) is 0 Å². The molecule has 6 nitrogen and oxygen atoms in total. The molecule has 102 valence electrons. The Morgan fingerprint density at radius 2 is 2.00 bits per heavy atom. The first kappa shape index (κ1) is 12.7. The van der Waals surface area contributed by atoms with Crippen LogP contribution in [0.2, 0.25) is 0 Å². The van der Waals surface area contributed by atoms with Crippen LogP contribution in [-0.2, 0) is 0 Å². The highest BCUT2D eigenvalue weighted by molar-refractivity contribution is 9.10. The number of hydrogen-bond acceptors (Lipinski definition) is 5. The van der Waals surface area contributed by atoms with E-state index in [1.807, 2.05) is 0 Å². The van der Waals surface area contributed by atoms with E-state index in [4.69, 9.17) is 5.73 Å². The minimum absolute atomic E-state index is 0.00585. The van der Waals surface area contributed by atoms with Crippen LogP contribution < -0.4 is 11.1 Å². The van der Waals surface area contributed by atoms with Crippen LogP contribution in [0, 0.1) is 11.6 Å². The van der Waals surface area contributed by atoms with Crippen molar-refractivity contribution in [2.24, 2.45) is 0 Å². The van der Waals surface area contributed by atoms with Gasteiger partial charge in [0, 0.05) is 6.07 Å². The van der Waals surface area contributed by atoms with Crippen molar-refractivity contribution in [2.45, 2.75) is 0 Å². The summed E-state index contributed by atoms with van der Waals surface area (Å²) in [5.74, 6) is -1.20. The molecule has 3 rings (SSSR count). The zero-order valence-electron chi connectivity index (χ0n) is 9.78. The molecule has 2 aromatic heterocycles. The molecule has 0 amide bonds. The van der Waals surface area contributed by atoms with Crippen molar-refractivity contribution in [3.63, 3.8) is 0 Å². The zero-order chi connectivity index (χ0) is 14.3. The van der Waals surface area contributed by atoms with Crippen molar-refractivity contribution in [1.29, 1.82) is 0 Å². The summed E-state index contributed by atoms with van der Waals surface area (Å²) in [6.07, 6.45) is 1.42. The summed E-state index contributed by atoms with van der Waals surface area (Å²) in [4.78, 5) is 14.6. The van der Waals surface area contributed by atoms with E-state index in [9.17, 15) is 8.78 Å². The van der Waals surface area contributed by atoms with Crippen molar-refractivity contribution in [2.75, 3.05) is 11.1 Å². The van der Waals surface area contributed by atoms with Crippen LogP contribution in [0.3, 0.4) is 0 Å². The number of hydrogen-bond donors (Lipinski definition) is 3. The van der Waals surface area contributed by atoms with Crippen LogP contribution in [0.4, 0.5) is 26.2 Å². The molecular weight excluding hydrogens is 334 g/mol. The van der Waals surface area contributed by atoms with Gasteiger partial charge in [-0.25, -0.2) is 13.8 Å². The van der Waals surface area contributed by atoms with Crippen molar-refractivity contribution in [3.8, 4) is 0 Å². The molecule has 1 aromatic carbocycles. The minimum atomic E-state index is -0.754. The summed E-state index contributed by atoms with van der Waals surface area (Å²) in [6.45, 7) is 0. The molecule has 2 heterocycles. The topological polar surface area (TPSA) is 92.5 Å². The molecular formula is C11H7BrF2N6. The van der Waals surface area contributed by atoms with Crippen LogP contribution in [0.1, 0.15) is 0 Å². The van der Waals surface area contributed by atoms with E-state index in [-0.39, 0.29) is 21.9 Å². The molecule has 9 heteroatoms. The average Bonchev–Trinajstić information content (AvgIpc) is 2.84. The predicted molar refractivity (Wildman–Crippen MR) is 73.4 cm³/mol. The molecule has 3 aromatic rings. The van der Waals surface area contributed by atoms with Gasteiger partial charge in [-0.05, 0) is 22.0 Å². The summed E-state index contributed by atoms with van der Waals surface area (Å²) < 4.78 is 27.0. The number of anilines is 3. The van der Waals surface area contributed by atoms with Crippen LogP contribution in [0.15, 0.2) is 22.9 Å². The fourth-order valence-corrected chi connectivity index (χ4v) is 2.03. The largest absolute Gasteiger partial charge is 0.368 e. The Morgan fingerprint density at radius 3 is 2.80 bits per heavy atom. The van der Waals surface area contributed by atoms with Crippen molar-refractivity contribution >= 4 is 44.5 Å². The summed E-state index contributed by atoms with van der Waals surface area (Å²) >= 11 is 2.99. The van der Waals surface area contributed by atoms with Gasteiger partial charge in [0.25, 0.3) is 0 Å². The molecule has 4 N–H and O–H groups in total. The van der Waals surface area contributed by atoms with Crippen LogP contribution in [0.25, 0.3) is 11.2 Å².